The molecule has 36 heavy (non-hydrogen) atoms. The number of nitrogens with one attached hydrogen (secondary N) is 1. The Hall–Kier alpha value is -3.41. The van der Waals surface area contributed by atoms with Crippen molar-refractivity contribution >= 4 is 66.5 Å². The van der Waals surface area contributed by atoms with E-state index < -0.39 is 10.0 Å². The number of carbonyl (C=O) groups excluding carboxylic acids is 2. The van der Waals surface area contributed by atoms with Crippen molar-refractivity contribution in [3.8, 4) is 0 Å². The average molecular weight is 546 g/mol. The minimum atomic E-state index is -3.77. The quantitative estimate of drug-likeness (QED) is 0.377. The van der Waals surface area contributed by atoms with Crippen LogP contribution in [0.2, 0.25) is 5.02 Å². The Morgan fingerprint density at radius 3 is 2.67 bits per heavy atom. The van der Waals surface area contributed by atoms with Gasteiger partial charge in [-0.3, -0.25) is 14.3 Å². The number of halogens is 1. The minimum absolute atomic E-state index is 0. The van der Waals surface area contributed by atoms with Gasteiger partial charge in [-0.05, 0) is 48.5 Å². The molecule has 0 unspecified atom stereocenters. The molecule has 0 radical (unpaired) electrons. The molecule has 0 aliphatic carbocycles. The predicted molar refractivity (Wildman–Crippen MR) is 142 cm³/mol. The van der Waals surface area contributed by atoms with Crippen LogP contribution in [0, 0.1) is 0 Å². The summed E-state index contributed by atoms with van der Waals surface area (Å²) < 4.78 is 29.5. The van der Waals surface area contributed by atoms with Crippen molar-refractivity contribution < 1.29 is 19.4 Å². The second kappa shape index (κ2) is 9.92. The smallest absolute Gasteiger partial charge is 0.263 e. The number of hydrogen-bond donors (Lipinski definition) is 1. The lowest BCUT2D eigenvalue weighted by molar-refractivity contribution is -0.137. The van der Waals surface area contributed by atoms with E-state index >= 15 is 0 Å². The molecule has 0 saturated carbocycles. The fraction of sp³-hybridized carbons (Fsp3) is 0.208. The van der Waals surface area contributed by atoms with Gasteiger partial charge in [-0.25, -0.2) is 13.4 Å². The summed E-state index contributed by atoms with van der Waals surface area (Å²) in [7, 11) is -3.77. The number of thiazole rings is 1. The number of amides is 2. The summed E-state index contributed by atoms with van der Waals surface area (Å²) in [4.78, 5) is 32.8. The van der Waals surface area contributed by atoms with E-state index in [9.17, 15) is 18.0 Å². The van der Waals surface area contributed by atoms with Crippen molar-refractivity contribution in [3.63, 3.8) is 0 Å². The first kappa shape index (κ1) is 24.3. The number of hydrogen-bond acceptors (Lipinski definition) is 6. The van der Waals surface area contributed by atoms with Crippen LogP contribution in [0.3, 0.4) is 0 Å². The van der Waals surface area contributed by atoms with E-state index in [-0.39, 0.29) is 36.2 Å². The molecule has 0 atom stereocenters. The lowest BCUT2D eigenvalue weighted by Gasteiger charge is -2.34. The number of carbonyl (C=O) groups is 2. The second-order valence-electron chi connectivity index (χ2n) is 8.26. The minimum Gasteiger partial charge on any atom is -0.347 e. The van der Waals surface area contributed by atoms with Gasteiger partial charge in [0.15, 0.2) is 5.13 Å². The van der Waals surface area contributed by atoms with Crippen LogP contribution in [-0.4, -0.2) is 54.3 Å². The molecule has 4 aromatic rings. The molecule has 1 aliphatic heterocycles. The highest BCUT2D eigenvalue weighted by atomic mass is 35.5. The number of sulfonamides is 1. The highest BCUT2D eigenvalue weighted by molar-refractivity contribution is 7.93. The average Bonchev–Trinajstić information content (AvgIpc) is 3.51. The molecule has 2 aromatic heterocycles. The molecular formula is C24H24ClN5O4S2. The van der Waals surface area contributed by atoms with Crippen LogP contribution in [0.5, 0.6) is 0 Å². The van der Waals surface area contributed by atoms with Crippen molar-refractivity contribution in [1.82, 2.24) is 14.5 Å². The first-order chi connectivity index (χ1) is 17.3. The van der Waals surface area contributed by atoms with Crippen LogP contribution >= 0.6 is 22.9 Å². The molecule has 0 bridgehead atoms. The molecule has 2 aromatic carbocycles. The van der Waals surface area contributed by atoms with Gasteiger partial charge < -0.3 is 14.4 Å². The highest BCUT2D eigenvalue weighted by Crippen LogP contribution is 2.24. The van der Waals surface area contributed by atoms with Gasteiger partial charge in [0.05, 0.1) is 4.90 Å². The van der Waals surface area contributed by atoms with E-state index in [0.717, 1.165) is 10.9 Å². The maximum absolute atomic E-state index is 12.8. The molecule has 9 nitrogen and oxygen atoms in total. The maximum Gasteiger partial charge on any atom is 0.263 e. The molecule has 0 spiro atoms. The van der Waals surface area contributed by atoms with E-state index in [0.29, 0.717) is 30.3 Å². The van der Waals surface area contributed by atoms with Gasteiger partial charge in [-0.15, -0.1) is 11.3 Å². The Balaban J connectivity index is 0.00000320. The zero-order chi connectivity index (χ0) is 25.3. The Bertz CT molecular complexity index is 1520. The Labute approximate surface area is 218 Å². The highest BCUT2D eigenvalue weighted by Gasteiger charge is 2.28. The van der Waals surface area contributed by atoms with Gasteiger partial charge in [0.1, 0.15) is 6.54 Å². The van der Waals surface area contributed by atoms with Gasteiger partial charge >= 0.3 is 0 Å². The molecule has 5 rings (SSSR count). The zero-order valence-electron chi connectivity index (χ0n) is 19.0. The first-order valence-corrected chi connectivity index (χ1v) is 13.9. The number of benzene rings is 2. The van der Waals surface area contributed by atoms with Crippen LogP contribution in [0.4, 0.5) is 10.8 Å². The first-order valence-electron chi connectivity index (χ1n) is 11.1. The van der Waals surface area contributed by atoms with E-state index in [4.69, 9.17) is 11.6 Å². The second-order valence-corrected chi connectivity index (χ2v) is 11.3. The van der Waals surface area contributed by atoms with Crippen molar-refractivity contribution in [3.05, 3.63) is 71.3 Å². The lowest BCUT2D eigenvalue weighted by atomic mass is 10.2. The van der Waals surface area contributed by atoms with E-state index in [1.807, 2.05) is 35.0 Å². The summed E-state index contributed by atoms with van der Waals surface area (Å²) >= 11 is 7.23. The SMILES string of the molecule is O=C(CCn1ccc2cc(Cl)ccc21)N1CCN(c2ccc(S(=O)(=O)Nc3nccs3)cc2)C(=O)C1.[HH]. The third kappa shape index (κ3) is 5.08. The monoisotopic (exact) mass is 545 g/mol. The molecule has 1 fully saturated rings. The van der Waals surface area contributed by atoms with Crippen LogP contribution in [0.25, 0.3) is 10.9 Å². The lowest BCUT2D eigenvalue weighted by Crippen LogP contribution is -2.52. The van der Waals surface area contributed by atoms with Crippen molar-refractivity contribution in [2.24, 2.45) is 0 Å². The molecule has 12 heteroatoms. The summed E-state index contributed by atoms with van der Waals surface area (Å²) in [5.41, 5.74) is 1.58. The predicted octanol–water partition coefficient (Wildman–Crippen LogP) is 4.06. The van der Waals surface area contributed by atoms with Crippen molar-refractivity contribution in [2.45, 2.75) is 17.9 Å². The number of aryl methyl sites for hydroxylation is 1. The fourth-order valence-electron chi connectivity index (χ4n) is 4.15. The number of aromatic nitrogens is 2. The fourth-order valence-corrected chi connectivity index (χ4v) is 6.12. The molecule has 188 valence electrons. The molecule has 3 heterocycles. The maximum atomic E-state index is 12.8. The summed E-state index contributed by atoms with van der Waals surface area (Å²) in [6.45, 7) is 1.22. The van der Waals surface area contributed by atoms with Gasteiger partial charge in [0.25, 0.3) is 10.0 Å². The summed E-state index contributed by atoms with van der Waals surface area (Å²) in [5.74, 6) is -0.305. The van der Waals surface area contributed by atoms with Gasteiger partial charge in [-0.1, -0.05) is 11.6 Å². The normalized spacial score (nSPS) is 14.4. The standard InChI is InChI=1S/C24H22ClN5O4S2.H2/c25-18-1-6-21-17(15-18)7-10-28(21)11-8-22(31)29-12-13-30(23(32)16-29)19-2-4-20(5-3-19)36(33,34)27-24-26-9-14-35-24;/h1-7,9-10,14-15H,8,11-13,16H2,(H,26,27);1H. The molecule has 2 amide bonds. The molecule has 1 aliphatic rings. The van der Waals surface area contributed by atoms with Crippen LogP contribution < -0.4 is 9.62 Å². The van der Waals surface area contributed by atoms with Crippen LogP contribution in [0.1, 0.15) is 7.85 Å². The van der Waals surface area contributed by atoms with Crippen LogP contribution in [-0.2, 0) is 26.2 Å². The van der Waals surface area contributed by atoms with E-state index in [1.165, 1.54) is 29.7 Å². The molecule has 1 saturated heterocycles. The number of nitrogens with zero attached hydrogens (tertiary/aromatic N) is 4. The Morgan fingerprint density at radius 1 is 1.14 bits per heavy atom. The summed E-state index contributed by atoms with van der Waals surface area (Å²) in [6, 6.07) is 13.7. The number of rotatable bonds is 7. The van der Waals surface area contributed by atoms with E-state index in [1.54, 1.807) is 27.3 Å². The topological polar surface area (TPSA) is 105 Å². The summed E-state index contributed by atoms with van der Waals surface area (Å²) in [6.07, 6.45) is 3.71. The number of fused-ring (bicyclic) bond motifs is 1. The van der Waals surface area contributed by atoms with Crippen molar-refractivity contribution in [2.75, 3.05) is 29.3 Å². The molecule has 1 N–H and O–H groups in total. The Kier molecular flexibility index (Phi) is 6.69. The van der Waals surface area contributed by atoms with E-state index in [2.05, 4.69) is 9.71 Å². The summed E-state index contributed by atoms with van der Waals surface area (Å²) in [5, 5.41) is 3.63. The van der Waals surface area contributed by atoms with Gasteiger partial charge in [-0.2, -0.15) is 0 Å². The zero-order valence-corrected chi connectivity index (χ0v) is 21.4. The van der Waals surface area contributed by atoms with Crippen LogP contribution in [0.15, 0.2) is 71.2 Å². The largest absolute Gasteiger partial charge is 0.347 e. The number of piperazine rings is 1. The Morgan fingerprint density at radius 2 is 1.94 bits per heavy atom. The molecular weight excluding hydrogens is 522 g/mol. The third-order valence-corrected chi connectivity index (χ3v) is 8.39. The van der Waals surface area contributed by atoms with Gasteiger partial charge in [0.2, 0.25) is 11.8 Å². The van der Waals surface area contributed by atoms with Gasteiger partial charge in [0, 0.05) is 66.9 Å². The third-order valence-electron chi connectivity index (χ3n) is 5.99. The van der Waals surface area contributed by atoms with Crippen molar-refractivity contribution in [1.29, 1.82) is 0 Å². The number of anilines is 2.